The summed E-state index contributed by atoms with van der Waals surface area (Å²) in [7, 11) is 4.10. The molecule has 2 N–H and O–H groups in total. The predicted molar refractivity (Wildman–Crippen MR) is 134 cm³/mol. The molecule has 5 aromatic rings. The van der Waals surface area contributed by atoms with Crippen molar-refractivity contribution in [1.29, 1.82) is 0 Å². The Bertz CT molecular complexity index is 1430. The quantitative estimate of drug-likeness (QED) is 0.388. The molecule has 0 saturated heterocycles. The summed E-state index contributed by atoms with van der Waals surface area (Å²) in [5, 5.41) is 4.47. The highest BCUT2D eigenvalue weighted by Gasteiger charge is 2.19. The van der Waals surface area contributed by atoms with Crippen molar-refractivity contribution in [2.45, 2.75) is 13.2 Å². The van der Waals surface area contributed by atoms with Crippen LogP contribution in [0.2, 0.25) is 0 Å². The van der Waals surface area contributed by atoms with Gasteiger partial charge in [-0.3, -0.25) is 0 Å². The van der Waals surface area contributed by atoms with E-state index < -0.39 is 0 Å². The third-order valence-electron chi connectivity index (χ3n) is 5.50. The van der Waals surface area contributed by atoms with Crippen molar-refractivity contribution in [3.63, 3.8) is 0 Å². The lowest BCUT2D eigenvalue weighted by molar-refractivity contribution is 0.306. The molecule has 0 unspecified atom stereocenters. The highest BCUT2D eigenvalue weighted by molar-refractivity contribution is 5.87. The first-order chi connectivity index (χ1) is 16.6. The second-order valence-corrected chi connectivity index (χ2v) is 8.43. The molecule has 0 aliphatic heterocycles. The maximum atomic E-state index is 6.30. The molecule has 5 rings (SSSR count). The molecule has 0 amide bonds. The Balaban J connectivity index is 1.55. The van der Waals surface area contributed by atoms with Crippen LogP contribution >= 0.6 is 0 Å². The van der Waals surface area contributed by atoms with Crippen molar-refractivity contribution in [3.05, 3.63) is 96.3 Å². The normalized spacial score (nSPS) is 11.3. The molecule has 3 aromatic carbocycles. The van der Waals surface area contributed by atoms with E-state index in [-0.39, 0.29) is 0 Å². The van der Waals surface area contributed by atoms with Crippen molar-refractivity contribution in [1.82, 2.24) is 24.5 Å². The van der Waals surface area contributed by atoms with E-state index in [1.54, 1.807) is 4.52 Å². The van der Waals surface area contributed by atoms with Gasteiger partial charge in [-0.25, -0.2) is 14.5 Å². The van der Waals surface area contributed by atoms with Crippen LogP contribution in [0.3, 0.4) is 0 Å². The van der Waals surface area contributed by atoms with Crippen molar-refractivity contribution in [2.75, 3.05) is 19.8 Å². The van der Waals surface area contributed by atoms with Gasteiger partial charge in [-0.05, 0) is 43.4 Å². The number of imidazole rings is 1. The second kappa shape index (κ2) is 9.33. The molecule has 0 atom stereocenters. The first-order valence-corrected chi connectivity index (χ1v) is 11.1. The number of nitrogens with zero attached hydrogens (tertiary/aromatic N) is 5. The van der Waals surface area contributed by atoms with Crippen molar-refractivity contribution < 1.29 is 4.74 Å². The van der Waals surface area contributed by atoms with Gasteiger partial charge in [-0.2, -0.15) is 5.10 Å². The maximum Gasteiger partial charge on any atom is 0.162 e. The molecule has 0 spiro atoms. The largest absolute Gasteiger partial charge is 0.489 e. The van der Waals surface area contributed by atoms with Crippen LogP contribution in [0, 0.1) is 0 Å². The number of benzene rings is 3. The number of aromatic nitrogens is 4. The van der Waals surface area contributed by atoms with Crippen LogP contribution in [0.1, 0.15) is 11.1 Å². The van der Waals surface area contributed by atoms with Crippen LogP contribution in [0.4, 0.5) is 5.82 Å². The fraction of sp³-hybridized carbons (Fsp3) is 0.148. The Hall–Kier alpha value is -4.23. The van der Waals surface area contributed by atoms with E-state index >= 15 is 0 Å². The summed E-state index contributed by atoms with van der Waals surface area (Å²) in [6.45, 7) is 1.32. The van der Waals surface area contributed by atoms with Gasteiger partial charge in [0, 0.05) is 17.7 Å². The van der Waals surface area contributed by atoms with Gasteiger partial charge in [0.1, 0.15) is 29.9 Å². The molecule has 0 radical (unpaired) electrons. The molecule has 0 fully saturated rings. The summed E-state index contributed by atoms with van der Waals surface area (Å²) >= 11 is 0. The first kappa shape index (κ1) is 21.6. The minimum atomic E-state index is 0.379. The highest BCUT2D eigenvalue weighted by Crippen LogP contribution is 2.33. The van der Waals surface area contributed by atoms with E-state index in [1.165, 1.54) is 11.9 Å². The molecule has 34 heavy (non-hydrogen) atoms. The zero-order valence-corrected chi connectivity index (χ0v) is 19.2. The minimum absolute atomic E-state index is 0.379. The van der Waals surface area contributed by atoms with Gasteiger partial charge < -0.3 is 15.4 Å². The van der Waals surface area contributed by atoms with Gasteiger partial charge in [-0.1, -0.05) is 60.7 Å². The Kier molecular flexibility index (Phi) is 5.93. The molecule has 2 heterocycles. The average molecular weight is 451 g/mol. The summed E-state index contributed by atoms with van der Waals surface area (Å²) < 4.78 is 7.81. The maximum absolute atomic E-state index is 6.30. The van der Waals surface area contributed by atoms with E-state index in [9.17, 15) is 0 Å². The second-order valence-electron chi connectivity index (χ2n) is 8.43. The number of ether oxygens (including phenoxy) is 1. The Morgan fingerprint density at radius 3 is 2.47 bits per heavy atom. The summed E-state index contributed by atoms with van der Waals surface area (Å²) in [4.78, 5) is 11.3. The fourth-order valence-electron chi connectivity index (χ4n) is 3.99. The van der Waals surface area contributed by atoms with Crippen LogP contribution in [-0.4, -0.2) is 38.6 Å². The van der Waals surface area contributed by atoms with E-state index in [0.717, 1.165) is 40.5 Å². The molecule has 0 aliphatic rings. The predicted octanol–water partition coefficient (Wildman–Crippen LogP) is 4.68. The third kappa shape index (κ3) is 4.46. The lowest BCUT2D eigenvalue weighted by Gasteiger charge is -2.10. The van der Waals surface area contributed by atoms with Gasteiger partial charge in [0.05, 0.1) is 0 Å². The van der Waals surface area contributed by atoms with Gasteiger partial charge in [-0.15, -0.1) is 0 Å². The number of hydrogen-bond donors (Lipinski definition) is 1. The van der Waals surface area contributed by atoms with Crippen LogP contribution in [0.25, 0.3) is 28.2 Å². The Morgan fingerprint density at radius 2 is 1.65 bits per heavy atom. The lowest BCUT2D eigenvalue weighted by Crippen LogP contribution is -2.10. The van der Waals surface area contributed by atoms with Crippen molar-refractivity contribution in [3.8, 4) is 28.4 Å². The van der Waals surface area contributed by atoms with Gasteiger partial charge in [0.15, 0.2) is 11.6 Å². The molecule has 0 aliphatic carbocycles. The van der Waals surface area contributed by atoms with Crippen LogP contribution in [-0.2, 0) is 13.2 Å². The van der Waals surface area contributed by atoms with Crippen molar-refractivity contribution in [2.24, 2.45) is 0 Å². The van der Waals surface area contributed by atoms with Gasteiger partial charge in [0.25, 0.3) is 0 Å². The number of rotatable bonds is 7. The van der Waals surface area contributed by atoms with Crippen molar-refractivity contribution >= 4 is 11.3 Å². The monoisotopic (exact) mass is 450 g/mol. The van der Waals surface area contributed by atoms with Gasteiger partial charge in [0.2, 0.25) is 0 Å². The summed E-state index contributed by atoms with van der Waals surface area (Å²) in [6.07, 6.45) is 1.46. The van der Waals surface area contributed by atoms with Crippen LogP contribution in [0.15, 0.2) is 85.2 Å². The van der Waals surface area contributed by atoms with E-state index in [1.807, 2.05) is 66.7 Å². The number of nitrogens with two attached hydrogens (primary N) is 1. The van der Waals surface area contributed by atoms with Gasteiger partial charge >= 0.3 is 0 Å². The molecule has 7 nitrogen and oxygen atoms in total. The zero-order valence-electron chi connectivity index (χ0n) is 19.2. The minimum Gasteiger partial charge on any atom is -0.489 e. The molecule has 0 saturated carbocycles. The average Bonchev–Trinajstić information content (AvgIpc) is 3.25. The van der Waals surface area contributed by atoms with Crippen LogP contribution < -0.4 is 10.5 Å². The topological polar surface area (TPSA) is 81.6 Å². The lowest BCUT2D eigenvalue weighted by atomic mass is 10.1. The molecule has 7 heteroatoms. The number of fused-ring (bicyclic) bond motifs is 1. The summed E-state index contributed by atoms with van der Waals surface area (Å²) in [5.74, 6) is 1.85. The number of nitrogen functional groups attached to an aromatic ring is 1. The number of hydrogen-bond acceptors (Lipinski definition) is 6. The first-order valence-electron chi connectivity index (χ1n) is 11.1. The smallest absolute Gasteiger partial charge is 0.162 e. The summed E-state index contributed by atoms with van der Waals surface area (Å²) in [6, 6.07) is 26.3. The molecular formula is C27H26N6O. The van der Waals surface area contributed by atoms with E-state index in [4.69, 9.17) is 15.5 Å². The summed E-state index contributed by atoms with van der Waals surface area (Å²) in [5.41, 5.74) is 11.9. The zero-order chi connectivity index (χ0) is 23.5. The Morgan fingerprint density at radius 1 is 0.882 bits per heavy atom. The van der Waals surface area contributed by atoms with E-state index in [2.05, 4.69) is 41.2 Å². The fourth-order valence-corrected chi connectivity index (χ4v) is 3.99. The molecule has 170 valence electrons. The third-order valence-corrected chi connectivity index (χ3v) is 5.50. The highest BCUT2D eigenvalue weighted by atomic mass is 16.5. The Labute approximate surface area is 198 Å². The molecule has 2 aromatic heterocycles. The molecular weight excluding hydrogens is 424 g/mol. The van der Waals surface area contributed by atoms with Crippen LogP contribution in [0.5, 0.6) is 5.75 Å². The van der Waals surface area contributed by atoms with E-state index in [0.29, 0.717) is 17.9 Å². The standard InChI is InChI=1S/C27H26N6O/c1-32(2)16-20-10-6-12-22(14-20)27-31-24(25-26(28)29-18-30-33(25)27)21-11-7-13-23(15-21)34-17-19-8-4-3-5-9-19/h3-15,18H,16-17H2,1-2H3,(H2,28,29,30). The SMILES string of the molecule is CN(C)Cc1cccc(-c2nc(-c3cccc(OCc4ccccc4)c3)c3c(N)ncnn23)c1. The molecule has 0 bridgehead atoms. The number of anilines is 1.